The second kappa shape index (κ2) is 5.46. The predicted molar refractivity (Wildman–Crippen MR) is 68.8 cm³/mol. The van der Waals surface area contributed by atoms with Gasteiger partial charge in [-0.15, -0.1) is 0 Å². The van der Waals surface area contributed by atoms with Gasteiger partial charge in [-0.2, -0.15) is 0 Å². The molecule has 0 radical (unpaired) electrons. The molecule has 0 spiro atoms. The number of benzene rings is 1. The van der Waals surface area contributed by atoms with Crippen molar-refractivity contribution in [2.75, 3.05) is 6.54 Å². The highest BCUT2D eigenvalue weighted by atomic mass is 16.3. The molecule has 0 aromatic heterocycles. The van der Waals surface area contributed by atoms with Crippen LogP contribution in [0, 0.1) is 27.7 Å². The lowest BCUT2D eigenvalue weighted by Gasteiger charge is -2.16. The predicted octanol–water partition coefficient (Wildman–Crippen LogP) is 2.17. The fourth-order valence-electron chi connectivity index (χ4n) is 2.10. The molecule has 2 heteroatoms. The zero-order valence-corrected chi connectivity index (χ0v) is 10.8. The van der Waals surface area contributed by atoms with Gasteiger partial charge in [-0.3, -0.25) is 0 Å². The third kappa shape index (κ3) is 2.83. The second-order valence-electron chi connectivity index (χ2n) is 4.67. The third-order valence-corrected chi connectivity index (χ3v) is 3.52. The molecule has 2 nitrogen and oxygen atoms in total. The largest absolute Gasteiger partial charge is 0.392 e. The molecule has 16 heavy (non-hydrogen) atoms. The first-order valence-electron chi connectivity index (χ1n) is 5.91. The first-order valence-corrected chi connectivity index (χ1v) is 5.91. The van der Waals surface area contributed by atoms with Crippen LogP contribution >= 0.6 is 0 Å². The lowest BCUT2D eigenvalue weighted by Crippen LogP contribution is -2.20. The Balaban J connectivity index is 2.94. The minimum absolute atomic E-state index is 0.350. The van der Waals surface area contributed by atoms with Crippen LogP contribution in [0.3, 0.4) is 0 Å². The SMILES string of the molecule is Cc1cc(C)c(C)c(CCC(O)CN)c1C. The first-order chi connectivity index (χ1) is 7.47. The van der Waals surface area contributed by atoms with Gasteiger partial charge in [0.1, 0.15) is 0 Å². The van der Waals surface area contributed by atoms with Gasteiger partial charge in [-0.1, -0.05) is 6.07 Å². The first kappa shape index (κ1) is 13.2. The highest BCUT2D eigenvalue weighted by molar-refractivity contribution is 5.44. The number of rotatable bonds is 4. The van der Waals surface area contributed by atoms with E-state index >= 15 is 0 Å². The maximum Gasteiger partial charge on any atom is 0.0665 e. The average Bonchev–Trinajstić information content (AvgIpc) is 2.26. The molecule has 1 rings (SSSR count). The number of aryl methyl sites for hydroxylation is 2. The van der Waals surface area contributed by atoms with Crippen molar-refractivity contribution in [3.63, 3.8) is 0 Å². The number of nitrogens with two attached hydrogens (primary N) is 1. The van der Waals surface area contributed by atoms with E-state index in [0.717, 1.165) is 12.8 Å². The Kier molecular flexibility index (Phi) is 4.51. The summed E-state index contributed by atoms with van der Waals surface area (Å²) < 4.78 is 0. The van der Waals surface area contributed by atoms with Crippen molar-refractivity contribution >= 4 is 0 Å². The molecule has 0 saturated heterocycles. The van der Waals surface area contributed by atoms with Crippen LogP contribution in [0.25, 0.3) is 0 Å². The van der Waals surface area contributed by atoms with Crippen molar-refractivity contribution in [1.29, 1.82) is 0 Å². The smallest absolute Gasteiger partial charge is 0.0665 e. The zero-order chi connectivity index (χ0) is 12.3. The molecule has 0 fully saturated rings. The van der Waals surface area contributed by atoms with E-state index in [2.05, 4.69) is 33.8 Å². The summed E-state index contributed by atoms with van der Waals surface area (Å²) in [4.78, 5) is 0. The maximum absolute atomic E-state index is 9.51. The Morgan fingerprint density at radius 3 is 2.06 bits per heavy atom. The van der Waals surface area contributed by atoms with E-state index in [1.807, 2.05) is 0 Å². The Hall–Kier alpha value is -0.860. The summed E-state index contributed by atoms with van der Waals surface area (Å²) in [5.74, 6) is 0. The molecule has 1 unspecified atom stereocenters. The number of aliphatic hydroxyl groups is 1. The van der Waals surface area contributed by atoms with Crippen LogP contribution in [0.15, 0.2) is 6.07 Å². The van der Waals surface area contributed by atoms with Crippen LogP contribution in [0.5, 0.6) is 0 Å². The Morgan fingerprint density at radius 2 is 1.62 bits per heavy atom. The number of hydrogen-bond acceptors (Lipinski definition) is 2. The minimum atomic E-state index is -0.375. The van der Waals surface area contributed by atoms with E-state index in [4.69, 9.17) is 5.73 Å². The van der Waals surface area contributed by atoms with Gasteiger partial charge in [0, 0.05) is 6.54 Å². The molecule has 0 aliphatic rings. The van der Waals surface area contributed by atoms with E-state index in [0.29, 0.717) is 6.54 Å². The quantitative estimate of drug-likeness (QED) is 0.818. The third-order valence-electron chi connectivity index (χ3n) is 3.52. The van der Waals surface area contributed by atoms with Crippen LogP contribution < -0.4 is 5.73 Å². The van der Waals surface area contributed by atoms with Crippen LogP contribution in [-0.2, 0) is 6.42 Å². The van der Waals surface area contributed by atoms with E-state index in [1.165, 1.54) is 27.8 Å². The molecular formula is C14H23NO. The summed E-state index contributed by atoms with van der Waals surface area (Å²) >= 11 is 0. The number of aliphatic hydroxyl groups excluding tert-OH is 1. The topological polar surface area (TPSA) is 46.2 Å². The molecule has 1 aromatic carbocycles. The second-order valence-corrected chi connectivity index (χ2v) is 4.67. The summed E-state index contributed by atoms with van der Waals surface area (Å²) in [6, 6.07) is 2.23. The van der Waals surface area contributed by atoms with Crippen LogP contribution in [-0.4, -0.2) is 17.8 Å². The summed E-state index contributed by atoms with van der Waals surface area (Å²) in [6.45, 7) is 8.95. The van der Waals surface area contributed by atoms with Crippen molar-refractivity contribution < 1.29 is 5.11 Å². The standard InChI is InChI=1S/C14H23NO/c1-9-7-10(2)12(4)14(11(9)3)6-5-13(16)8-15/h7,13,16H,5-6,8,15H2,1-4H3. The summed E-state index contributed by atoms with van der Waals surface area (Å²) in [6.07, 6.45) is 1.29. The molecule has 0 saturated carbocycles. The lowest BCUT2D eigenvalue weighted by molar-refractivity contribution is 0.173. The van der Waals surface area contributed by atoms with Crippen molar-refractivity contribution in [2.24, 2.45) is 5.73 Å². The fourth-order valence-corrected chi connectivity index (χ4v) is 2.10. The van der Waals surface area contributed by atoms with E-state index in [9.17, 15) is 5.11 Å². The van der Waals surface area contributed by atoms with Gasteiger partial charge in [0.15, 0.2) is 0 Å². The molecule has 3 N–H and O–H groups in total. The molecule has 0 aliphatic carbocycles. The Morgan fingerprint density at radius 1 is 1.12 bits per heavy atom. The van der Waals surface area contributed by atoms with E-state index in [-0.39, 0.29) is 6.10 Å². The average molecular weight is 221 g/mol. The summed E-state index contributed by atoms with van der Waals surface area (Å²) in [5, 5.41) is 9.51. The maximum atomic E-state index is 9.51. The van der Waals surface area contributed by atoms with Crippen LogP contribution in [0.4, 0.5) is 0 Å². The molecule has 0 heterocycles. The van der Waals surface area contributed by atoms with Crippen molar-refractivity contribution in [3.8, 4) is 0 Å². The molecular weight excluding hydrogens is 198 g/mol. The van der Waals surface area contributed by atoms with Gasteiger partial charge < -0.3 is 10.8 Å². The molecule has 1 aromatic rings. The Bertz CT molecular complexity index is 345. The highest BCUT2D eigenvalue weighted by Gasteiger charge is 2.10. The lowest BCUT2D eigenvalue weighted by atomic mass is 9.91. The van der Waals surface area contributed by atoms with Crippen LogP contribution in [0.1, 0.15) is 34.2 Å². The van der Waals surface area contributed by atoms with E-state index in [1.54, 1.807) is 0 Å². The monoisotopic (exact) mass is 221 g/mol. The molecule has 0 amide bonds. The zero-order valence-electron chi connectivity index (χ0n) is 10.8. The Labute approximate surface area is 98.5 Å². The van der Waals surface area contributed by atoms with Crippen molar-refractivity contribution in [3.05, 3.63) is 33.9 Å². The van der Waals surface area contributed by atoms with Gasteiger partial charge >= 0.3 is 0 Å². The molecule has 90 valence electrons. The summed E-state index contributed by atoms with van der Waals surface area (Å²) in [7, 11) is 0. The van der Waals surface area contributed by atoms with Gasteiger partial charge in [0.05, 0.1) is 6.10 Å². The van der Waals surface area contributed by atoms with Crippen molar-refractivity contribution in [2.45, 2.75) is 46.6 Å². The fraction of sp³-hybridized carbons (Fsp3) is 0.571. The molecule has 1 atom stereocenters. The summed E-state index contributed by atoms with van der Waals surface area (Å²) in [5.41, 5.74) is 12.2. The van der Waals surface area contributed by atoms with Gasteiger partial charge in [0.25, 0.3) is 0 Å². The van der Waals surface area contributed by atoms with E-state index < -0.39 is 0 Å². The van der Waals surface area contributed by atoms with Gasteiger partial charge in [-0.05, 0) is 68.4 Å². The highest BCUT2D eigenvalue weighted by Crippen LogP contribution is 2.23. The van der Waals surface area contributed by atoms with Crippen LogP contribution in [0.2, 0.25) is 0 Å². The number of hydrogen-bond donors (Lipinski definition) is 2. The molecule has 0 aliphatic heterocycles. The minimum Gasteiger partial charge on any atom is -0.392 e. The van der Waals surface area contributed by atoms with Gasteiger partial charge in [0.2, 0.25) is 0 Å². The van der Waals surface area contributed by atoms with Gasteiger partial charge in [-0.25, -0.2) is 0 Å². The van der Waals surface area contributed by atoms with Crippen molar-refractivity contribution in [1.82, 2.24) is 0 Å². The molecule has 0 bridgehead atoms. The normalized spacial score (nSPS) is 12.9.